The van der Waals surface area contributed by atoms with Gasteiger partial charge in [-0.1, -0.05) is 30.4 Å². The highest BCUT2D eigenvalue weighted by molar-refractivity contribution is 7.17. The fraction of sp³-hybridized carbons (Fsp3) is 0.353. The van der Waals surface area contributed by atoms with Gasteiger partial charge in [0.25, 0.3) is 5.91 Å². The highest BCUT2D eigenvalue weighted by atomic mass is 32.1. The standard InChI is InChI=1S/C17H23N5OS/c1-4-14-15(24-17(18)20-14)16(23)21-19-11-12-7-9-13(10-8-12)22(5-2)6-3/h7-11H,4-6H2,1-3H3,(H2,18,20)(H,21,23)/b19-11-. The van der Waals surface area contributed by atoms with Crippen molar-refractivity contribution >= 4 is 34.3 Å². The summed E-state index contributed by atoms with van der Waals surface area (Å²) in [6.45, 7) is 8.14. The van der Waals surface area contributed by atoms with Crippen molar-refractivity contribution in [1.82, 2.24) is 10.4 Å². The predicted molar refractivity (Wildman–Crippen MR) is 101 cm³/mol. The molecule has 2 aromatic rings. The molecule has 3 N–H and O–H groups in total. The number of nitrogens with one attached hydrogen (secondary N) is 1. The fourth-order valence-corrected chi connectivity index (χ4v) is 3.17. The van der Waals surface area contributed by atoms with Crippen molar-refractivity contribution in [1.29, 1.82) is 0 Å². The summed E-state index contributed by atoms with van der Waals surface area (Å²) in [6.07, 6.45) is 2.28. The highest BCUT2D eigenvalue weighted by Gasteiger charge is 2.15. The van der Waals surface area contributed by atoms with Crippen molar-refractivity contribution in [3.8, 4) is 0 Å². The summed E-state index contributed by atoms with van der Waals surface area (Å²) in [5.41, 5.74) is 11.0. The Balaban J connectivity index is 1.99. The zero-order chi connectivity index (χ0) is 17.5. The van der Waals surface area contributed by atoms with Crippen molar-refractivity contribution in [2.24, 2.45) is 5.10 Å². The van der Waals surface area contributed by atoms with E-state index in [0.717, 1.165) is 18.7 Å². The lowest BCUT2D eigenvalue weighted by Crippen LogP contribution is -2.21. The molecule has 128 valence electrons. The van der Waals surface area contributed by atoms with Crippen LogP contribution in [0.4, 0.5) is 10.8 Å². The molecule has 0 aliphatic rings. The number of nitrogen functional groups attached to an aromatic ring is 1. The Kier molecular flexibility index (Phi) is 6.31. The third-order valence-corrected chi connectivity index (χ3v) is 4.58. The molecule has 2 rings (SSSR count). The van der Waals surface area contributed by atoms with E-state index in [1.54, 1.807) is 6.21 Å². The Morgan fingerprint density at radius 2 is 1.96 bits per heavy atom. The molecular weight excluding hydrogens is 322 g/mol. The van der Waals surface area contributed by atoms with Gasteiger partial charge < -0.3 is 10.6 Å². The molecule has 0 saturated carbocycles. The van der Waals surface area contributed by atoms with Crippen molar-refractivity contribution in [3.05, 3.63) is 40.4 Å². The molecule has 1 aromatic carbocycles. The van der Waals surface area contributed by atoms with Gasteiger partial charge in [-0.3, -0.25) is 4.79 Å². The Labute approximate surface area is 146 Å². The number of hydrazone groups is 1. The molecule has 0 spiro atoms. The second-order valence-corrected chi connectivity index (χ2v) is 6.18. The van der Waals surface area contributed by atoms with Crippen LogP contribution in [0.5, 0.6) is 0 Å². The van der Waals surface area contributed by atoms with Crippen molar-refractivity contribution in [3.63, 3.8) is 0 Å². The highest BCUT2D eigenvalue weighted by Crippen LogP contribution is 2.20. The normalized spacial score (nSPS) is 11.0. The molecule has 1 aromatic heterocycles. The van der Waals surface area contributed by atoms with Crippen molar-refractivity contribution in [2.75, 3.05) is 23.7 Å². The average molecular weight is 345 g/mol. The monoisotopic (exact) mass is 345 g/mol. The molecule has 0 saturated heterocycles. The van der Waals surface area contributed by atoms with E-state index in [4.69, 9.17) is 5.73 Å². The number of anilines is 2. The van der Waals surface area contributed by atoms with E-state index in [1.165, 1.54) is 17.0 Å². The summed E-state index contributed by atoms with van der Waals surface area (Å²) in [5, 5.41) is 4.41. The number of carbonyl (C=O) groups is 1. The number of aryl methyl sites for hydroxylation is 1. The van der Waals surface area contributed by atoms with Crippen LogP contribution in [0, 0.1) is 0 Å². The molecule has 0 aliphatic heterocycles. The van der Waals surface area contributed by atoms with E-state index in [1.807, 2.05) is 19.1 Å². The van der Waals surface area contributed by atoms with E-state index in [9.17, 15) is 4.79 Å². The first kappa shape index (κ1) is 17.9. The summed E-state index contributed by atoms with van der Waals surface area (Å²) in [7, 11) is 0. The number of aromatic nitrogens is 1. The summed E-state index contributed by atoms with van der Waals surface area (Å²) < 4.78 is 0. The Bertz CT molecular complexity index is 704. The summed E-state index contributed by atoms with van der Waals surface area (Å²) in [5.74, 6) is -0.280. The lowest BCUT2D eigenvalue weighted by atomic mass is 10.2. The first-order valence-corrected chi connectivity index (χ1v) is 8.84. The van der Waals surface area contributed by atoms with Gasteiger partial charge >= 0.3 is 0 Å². The third kappa shape index (κ3) is 4.32. The first-order chi connectivity index (χ1) is 11.6. The van der Waals surface area contributed by atoms with Gasteiger partial charge in [0.2, 0.25) is 0 Å². The van der Waals surface area contributed by atoms with Gasteiger partial charge in [-0.25, -0.2) is 10.4 Å². The summed E-state index contributed by atoms with van der Waals surface area (Å²) >= 11 is 1.18. The molecule has 24 heavy (non-hydrogen) atoms. The van der Waals surface area contributed by atoms with Gasteiger partial charge in [0.15, 0.2) is 5.13 Å². The number of rotatable bonds is 7. The van der Waals surface area contributed by atoms with Gasteiger partial charge in [0.05, 0.1) is 11.9 Å². The second-order valence-electron chi connectivity index (χ2n) is 5.14. The summed E-state index contributed by atoms with van der Waals surface area (Å²) in [6, 6.07) is 8.06. The minimum atomic E-state index is -0.280. The molecular formula is C17H23N5OS. The summed E-state index contributed by atoms with van der Waals surface area (Å²) in [4.78, 5) is 19.1. The number of hydrogen-bond acceptors (Lipinski definition) is 6. The first-order valence-electron chi connectivity index (χ1n) is 8.02. The van der Waals surface area contributed by atoms with Crippen LogP contribution in [0.2, 0.25) is 0 Å². The number of thiazole rings is 1. The number of carbonyl (C=O) groups excluding carboxylic acids is 1. The van der Waals surface area contributed by atoms with Gasteiger partial charge in [-0.15, -0.1) is 0 Å². The molecule has 1 heterocycles. The van der Waals surface area contributed by atoms with Gasteiger partial charge in [-0.05, 0) is 38.0 Å². The molecule has 1 amide bonds. The van der Waals surface area contributed by atoms with Gasteiger partial charge in [0, 0.05) is 18.8 Å². The zero-order valence-corrected chi connectivity index (χ0v) is 15.1. The van der Waals surface area contributed by atoms with Crippen LogP contribution in [0.25, 0.3) is 0 Å². The van der Waals surface area contributed by atoms with Crippen LogP contribution >= 0.6 is 11.3 Å². The quantitative estimate of drug-likeness (QED) is 0.597. The van der Waals surface area contributed by atoms with Gasteiger partial charge in [0.1, 0.15) is 4.88 Å². The molecule has 6 nitrogen and oxygen atoms in total. The fourth-order valence-electron chi connectivity index (χ4n) is 2.36. The zero-order valence-electron chi connectivity index (χ0n) is 14.2. The molecule has 0 aliphatic carbocycles. The maximum Gasteiger partial charge on any atom is 0.283 e. The lowest BCUT2D eigenvalue weighted by Gasteiger charge is -2.20. The van der Waals surface area contributed by atoms with Crippen molar-refractivity contribution in [2.45, 2.75) is 27.2 Å². The largest absolute Gasteiger partial charge is 0.375 e. The van der Waals surface area contributed by atoms with Crippen LogP contribution < -0.4 is 16.1 Å². The van der Waals surface area contributed by atoms with Crippen LogP contribution in [-0.2, 0) is 6.42 Å². The lowest BCUT2D eigenvalue weighted by molar-refractivity contribution is 0.0958. The average Bonchev–Trinajstić information content (AvgIpc) is 2.98. The van der Waals surface area contributed by atoms with Crippen LogP contribution in [0.1, 0.15) is 41.7 Å². The Morgan fingerprint density at radius 1 is 1.29 bits per heavy atom. The minimum Gasteiger partial charge on any atom is -0.375 e. The van der Waals surface area contributed by atoms with E-state index in [-0.39, 0.29) is 5.91 Å². The number of hydrogen-bond donors (Lipinski definition) is 2. The molecule has 7 heteroatoms. The van der Waals surface area contributed by atoms with E-state index in [0.29, 0.717) is 22.1 Å². The van der Waals surface area contributed by atoms with E-state index < -0.39 is 0 Å². The van der Waals surface area contributed by atoms with Gasteiger partial charge in [-0.2, -0.15) is 5.10 Å². The Hall–Kier alpha value is -2.41. The molecule has 0 unspecified atom stereocenters. The minimum absolute atomic E-state index is 0.280. The van der Waals surface area contributed by atoms with Crippen molar-refractivity contribution < 1.29 is 4.79 Å². The van der Waals surface area contributed by atoms with E-state index in [2.05, 4.69) is 46.4 Å². The second kappa shape index (κ2) is 8.44. The molecule has 0 bridgehead atoms. The SMILES string of the molecule is CCc1nc(N)sc1C(=O)N/N=C\c1ccc(N(CC)CC)cc1. The number of benzene rings is 1. The Morgan fingerprint density at radius 3 is 2.54 bits per heavy atom. The number of amides is 1. The molecule has 0 fully saturated rings. The van der Waals surface area contributed by atoms with Crippen LogP contribution in [0.15, 0.2) is 29.4 Å². The van der Waals surface area contributed by atoms with Crippen LogP contribution in [0.3, 0.4) is 0 Å². The molecule has 0 atom stereocenters. The topological polar surface area (TPSA) is 83.6 Å². The third-order valence-electron chi connectivity index (χ3n) is 3.66. The number of nitrogens with zero attached hydrogens (tertiary/aromatic N) is 3. The number of nitrogens with two attached hydrogens (primary N) is 1. The molecule has 0 radical (unpaired) electrons. The maximum absolute atomic E-state index is 12.1. The van der Waals surface area contributed by atoms with Crippen LogP contribution in [-0.4, -0.2) is 30.2 Å². The van der Waals surface area contributed by atoms with E-state index >= 15 is 0 Å². The predicted octanol–water partition coefficient (Wildman–Crippen LogP) is 2.90. The maximum atomic E-state index is 12.1. The smallest absolute Gasteiger partial charge is 0.283 e.